The summed E-state index contributed by atoms with van der Waals surface area (Å²) in [4.78, 5) is 0. The topological polar surface area (TPSA) is 21.3 Å². The zero-order valence-electron chi connectivity index (χ0n) is 9.81. The first-order chi connectivity index (χ1) is 7.52. The molecule has 0 heterocycles. The molecule has 0 fully saturated rings. The minimum absolute atomic E-state index is 0.0765. The van der Waals surface area contributed by atoms with Crippen LogP contribution in [-0.2, 0) is 4.74 Å². The predicted molar refractivity (Wildman–Crippen MR) is 60.7 cm³/mol. The average Bonchev–Trinajstić information content (AvgIpc) is 2.22. The van der Waals surface area contributed by atoms with Gasteiger partial charge in [-0.2, -0.15) is 0 Å². The SMILES string of the molecule is Cc1ccc(F)c(NCCOC(C)C)c1F. The van der Waals surface area contributed by atoms with Gasteiger partial charge in [0, 0.05) is 6.54 Å². The van der Waals surface area contributed by atoms with Crippen molar-refractivity contribution in [3.63, 3.8) is 0 Å². The van der Waals surface area contributed by atoms with Crippen LogP contribution < -0.4 is 5.32 Å². The van der Waals surface area contributed by atoms with Crippen LogP contribution in [-0.4, -0.2) is 19.3 Å². The third kappa shape index (κ3) is 3.45. The first kappa shape index (κ1) is 12.9. The van der Waals surface area contributed by atoms with Gasteiger partial charge in [0.15, 0.2) is 5.82 Å². The van der Waals surface area contributed by atoms with Crippen molar-refractivity contribution < 1.29 is 13.5 Å². The van der Waals surface area contributed by atoms with Crippen LogP contribution in [0.4, 0.5) is 14.5 Å². The summed E-state index contributed by atoms with van der Waals surface area (Å²) < 4.78 is 32.0. The van der Waals surface area contributed by atoms with Crippen molar-refractivity contribution >= 4 is 5.69 Å². The number of benzene rings is 1. The van der Waals surface area contributed by atoms with Crippen molar-refractivity contribution in [1.82, 2.24) is 0 Å². The summed E-state index contributed by atoms with van der Waals surface area (Å²) in [7, 11) is 0. The summed E-state index contributed by atoms with van der Waals surface area (Å²) in [5.41, 5.74) is 0.348. The molecule has 0 saturated heterocycles. The van der Waals surface area contributed by atoms with Crippen LogP contribution in [0.2, 0.25) is 0 Å². The van der Waals surface area contributed by atoms with Gasteiger partial charge in [0.05, 0.1) is 12.7 Å². The first-order valence-corrected chi connectivity index (χ1v) is 5.32. The fraction of sp³-hybridized carbons (Fsp3) is 0.500. The smallest absolute Gasteiger partial charge is 0.152 e. The molecule has 2 nitrogen and oxygen atoms in total. The van der Waals surface area contributed by atoms with Crippen LogP contribution >= 0.6 is 0 Å². The second kappa shape index (κ2) is 5.80. The van der Waals surface area contributed by atoms with E-state index in [2.05, 4.69) is 5.32 Å². The molecule has 90 valence electrons. The fourth-order valence-corrected chi connectivity index (χ4v) is 1.29. The Labute approximate surface area is 94.6 Å². The number of nitrogens with one attached hydrogen (secondary N) is 1. The molecular formula is C12H17F2NO. The summed E-state index contributed by atoms with van der Waals surface area (Å²) in [6.45, 7) is 6.23. The maximum absolute atomic E-state index is 13.5. The van der Waals surface area contributed by atoms with Gasteiger partial charge in [0.25, 0.3) is 0 Å². The lowest BCUT2D eigenvalue weighted by atomic mass is 10.2. The third-order valence-corrected chi connectivity index (χ3v) is 2.14. The zero-order chi connectivity index (χ0) is 12.1. The van der Waals surface area contributed by atoms with Gasteiger partial charge in [-0.1, -0.05) is 6.07 Å². The molecule has 1 N–H and O–H groups in total. The largest absolute Gasteiger partial charge is 0.378 e. The molecule has 0 radical (unpaired) electrons. The van der Waals surface area contributed by atoms with Crippen LogP contribution in [0.15, 0.2) is 12.1 Å². The Kier molecular flexibility index (Phi) is 4.68. The van der Waals surface area contributed by atoms with Crippen LogP contribution in [0.25, 0.3) is 0 Å². The monoisotopic (exact) mass is 229 g/mol. The van der Waals surface area contributed by atoms with Crippen LogP contribution in [0.1, 0.15) is 19.4 Å². The molecule has 0 aliphatic carbocycles. The molecule has 0 aliphatic rings. The van der Waals surface area contributed by atoms with E-state index in [1.54, 1.807) is 6.92 Å². The highest BCUT2D eigenvalue weighted by Crippen LogP contribution is 2.21. The maximum atomic E-state index is 13.5. The van der Waals surface area contributed by atoms with Gasteiger partial charge < -0.3 is 10.1 Å². The molecule has 1 aromatic carbocycles. The lowest BCUT2D eigenvalue weighted by Crippen LogP contribution is -2.15. The molecule has 0 saturated carbocycles. The van der Waals surface area contributed by atoms with E-state index in [0.717, 1.165) is 0 Å². The summed E-state index contributed by atoms with van der Waals surface area (Å²) in [6, 6.07) is 2.67. The summed E-state index contributed by atoms with van der Waals surface area (Å²) in [5.74, 6) is -1.11. The van der Waals surface area contributed by atoms with Crippen molar-refractivity contribution in [2.24, 2.45) is 0 Å². The van der Waals surface area contributed by atoms with Gasteiger partial charge in [-0.3, -0.25) is 0 Å². The van der Waals surface area contributed by atoms with E-state index in [9.17, 15) is 8.78 Å². The molecule has 0 bridgehead atoms. The number of rotatable bonds is 5. The Morgan fingerprint density at radius 3 is 2.62 bits per heavy atom. The standard InChI is InChI=1S/C12H17F2NO/c1-8(2)16-7-6-15-12-10(13)5-4-9(3)11(12)14/h4-5,8,15H,6-7H2,1-3H3. The molecule has 0 atom stereocenters. The molecule has 0 unspecified atom stereocenters. The molecule has 0 spiro atoms. The normalized spacial score (nSPS) is 10.9. The number of hydrogen-bond acceptors (Lipinski definition) is 2. The fourth-order valence-electron chi connectivity index (χ4n) is 1.29. The highest BCUT2D eigenvalue weighted by atomic mass is 19.1. The maximum Gasteiger partial charge on any atom is 0.152 e. The summed E-state index contributed by atoms with van der Waals surface area (Å²) >= 11 is 0. The van der Waals surface area contributed by atoms with Crippen LogP contribution in [0.3, 0.4) is 0 Å². The number of hydrogen-bond donors (Lipinski definition) is 1. The van der Waals surface area contributed by atoms with E-state index in [1.807, 2.05) is 13.8 Å². The quantitative estimate of drug-likeness (QED) is 0.783. The highest BCUT2D eigenvalue weighted by molar-refractivity contribution is 5.48. The van der Waals surface area contributed by atoms with E-state index in [1.165, 1.54) is 12.1 Å². The Hall–Kier alpha value is -1.16. The van der Waals surface area contributed by atoms with E-state index in [-0.39, 0.29) is 11.8 Å². The van der Waals surface area contributed by atoms with E-state index >= 15 is 0 Å². The van der Waals surface area contributed by atoms with Gasteiger partial charge >= 0.3 is 0 Å². The van der Waals surface area contributed by atoms with Crippen LogP contribution in [0.5, 0.6) is 0 Å². The Balaban J connectivity index is 2.56. The minimum Gasteiger partial charge on any atom is -0.378 e. The Morgan fingerprint density at radius 2 is 2.00 bits per heavy atom. The summed E-state index contributed by atoms with van der Waals surface area (Å²) in [6.07, 6.45) is 0.119. The van der Waals surface area contributed by atoms with Gasteiger partial charge in [-0.15, -0.1) is 0 Å². The second-order valence-electron chi connectivity index (χ2n) is 3.90. The van der Waals surface area contributed by atoms with Crippen molar-refractivity contribution in [2.75, 3.05) is 18.5 Å². The van der Waals surface area contributed by atoms with E-state index < -0.39 is 11.6 Å². The number of anilines is 1. The summed E-state index contributed by atoms with van der Waals surface area (Å²) in [5, 5.41) is 2.70. The van der Waals surface area contributed by atoms with Gasteiger partial charge in [0.2, 0.25) is 0 Å². The van der Waals surface area contributed by atoms with E-state index in [0.29, 0.717) is 18.7 Å². The van der Waals surface area contributed by atoms with Crippen molar-refractivity contribution in [2.45, 2.75) is 26.9 Å². The first-order valence-electron chi connectivity index (χ1n) is 5.32. The molecule has 4 heteroatoms. The minimum atomic E-state index is -0.576. The number of aryl methyl sites for hydroxylation is 1. The molecule has 0 amide bonds. The van der Waals surface area contributed by atoms with E-state index in [4.69, 9.17) is 4.74 Å². The zero-order valence-corrected chi connectivity index (χ0v) is 9.81. The Morgan fingerprint density at radius 1 is 1.31 bits per heavy atom. The number of halogens is 2. The average molecular weight is 229 g/mol. The number of ether oxygens (including phenoxy) is 1. The van der Waals surface area contributed by atoms with Gasteiger partial charge in [-0.05, 0) is 32.4 Å². The molecule has 1 aromatic rings. The molecule has 0 aliphatic heterocycles. The predicted octanol–water partition coefficient (Wildman–Crippen LogP) is 3.11. The lowest BCUT2D eigenvalue weighted by Gasteiger charge is -2.11. The second-order valence-corrected chi connectivity index (χ2v) is 3.90. The lowest BCUT2D eigenvalue weighted by molar-refractivity contribution is 0.0870. The van der Waals surface area contributed by atoms with Crippen molar-refractivity contribution in [3.05, 3.63) is 29.3 Å². The molecule has 1 rings (SSSR count). The molecule has 16 heavy (non-hydrogen) atoms. The third-order valence-electron chi connectivity index (χ3n) is 2.14. The van der Waals surface area contributed by atoms with Gasteiger partial charge in [-0.25, -0.2) is 8.78 Å². The molecular weight excluding hydrogens is 212 g/mol. The highest BCUT2D eigenvalue weighted by Gasteiger charge is 2.10. The molecule has 0 aromatic heterocycles. The van der Waals surface area contributed by atoms with Gasteiger partial charge in [0.1, 0.15) is 11.5 Å². The Bertz CT molecular complexity index is 353. The van der Waals surface area contributed by atoms with Crippen molar-refractivity contribution in [3.8, 4) is 0 Å². The van der Waals surface area contributed by atoms with Crippen LogP contribution in [0, 0.1) is 18.6 Å². The van der Waals surface area contributed by atoms with Crippen molar-refractivity contribution in [1.29, 1.82) is 0 Å².